The topological polar surface area (TPSA) is 9.23 Å². The van der Waals surface area contributed by atoms with Crippen LogP contribution in [-0.2, 0) is 0 Å². The van der Waals surface area contributed by atoms with Crippen molar-refractivity contribution >= 4 is 17.7 Å². The molecule has 0 spiro atoms. The van der Waals surface area contributed by atoms with E-state index < -0.39 is 0 Å². The highest BCUT2D eigenvalue weighted by Crippen LogP contribution is 2.19. The average Bonchev–Trinajstić information content (AvgIpc) is 2.33. The Morgan fingerprint density at radius 1 is 1.41 bits per heavy atom. The van der Waals surface area contributed by atoms with Gasteiger partial charge in [-0.05, 0) is 30.0 Å². The van der Waals surface area contributed by atoms with Crippen molar-refractivity contribution in [2.24, 2.45) is 5.92 Å². The van der Waals surface area contributed by atoms with E-state index in [1.807, 2.05) is 12.1 Å². The van der Waals surface area contributed by atoms with E-state index in [2.05, 4.69) is 39.0 Å². The molecule has 0 radical (unpaired) electrons. The van der Waals surface area contributed by atoms with Gasteiger partial charge >= 0.3 is 0 Å². The summed E-state index contributed by atoms with van der Waals surface area (Å²) in [6.45, 7) is 7.19. The van der Waals surface area contributed by atoms with Gasteiger partial charge in [0.05, 0.1) is 6.61 Å². The van der Waals surface area contributed by atoms with Crippen LogP contribution in [0.5, 0.6) is 5.75 Å². The van der Waals surface area contributed by atoms with Crippen LogP contribution in [0.4, 0.5) is 0 Å². The van der Waals surface area contributed by atoms with Gasteiger partial charge in [-0.25, -0.2) is 0 Å². The van der Waals surface area contributed by atoms with E-state index in [-0.39, 0.29) is 0 Å². The third-order valence-electron chi connectivity index (χ3n) is 2.58. The van der Waals surface area contributed by atoms with Crippen molar-refractivity contribution in [1.82, 2.24) is 0 Å². The van der Waals surface area contributed by atoms with Crippen molar-refractivity contribution in [3.63, 3.8) is 0 Å². The molecule has 0 amide bonds. The van der Waals surface area contributed by atoms with E-state index >= 15 is 0 Å². The second-order valence-corrected chi connectivity index (χ2v) is 4.70. The van der Waals surface area contributed by atoms with Crippen LogP contribution in [0, 0.1) is 5.92 Å². The Kier molecular flexibility index (Phi) is 6.13. The van der Waals surface area contributed by atoms with Gasteiger partial charge in [0.25, 0.3) is 0 Å². The van der Waals surface area contributed by atoms with E-state index in [0.29, 0.717) is 11.8 Å². The molecular weight excluding hydrogens is 232 g/mol. The Morgan fingerprint density at radius 2 is 2.18 bits per heavy atom. The molecule has 0 aliphatic rings. The molecule has 17 heavy (non-hydrogen) atoms. The summed E-state index contributed by atoms with van der Waals surface area (Å²) < 4.78 is 5.61. The number of alkyl halides is 1. The highest BCUT2D eigenvalue weighted by atomic mass is 35.5. The largest absolute Gasteiger partial charge is 0.494 e. The molecule has 0 heterocycles. The number of ether oxygens (including phenoxy) is 1. The highest BCUT2D eigenvalue weighted by molar-refractivity contribution is 6.19. The minimum atomic E-state index is 0.479. The number of allylic oxidation sites excluding steroid dienone is 1. The zero-order valence-electron chi connectivity index (χ0n) is 10.9. The lowest BCUT2D eigenvalue weighted by Gasteiger charge is -2.09. The smallest absolute Gasteiger partial charge is 0.119 e. The van der Waals surface area contributed by atoms with Gasteiger partial charge in [0.1, 0.15) is 5.75 Å². The van der Waals surface area contributed by atoms with Crippen molar-refractivity contribution in [2.75, 3.05) is 12.5 Å². The molecule has 0 saturated heterocycles. The lowest BCUT2D eigenvalue weighted by Crippen LogP contribution is -1.96. The molecule has 94 valence electrons. The summed E-state index contributed by atoms with van der Waals surface area (Å²) in [4.78, 5) is 0. The predicted octanol–water partition coefficient (Wildman–Crippen LogP) is 4.75. The van der Waals surface area contributed by atoms with Crippen molar-refractivity contribution in [3.8, 4) is 5.75 Å². The second kappa shape index (κ2) is 7.39. The van der Waals surface area contributed by atoms with E-state index in [0.717, 1.165) is 24.3 Å². The Bertz CT molecular complexity index is 369. The predicted molar refractivity (Wildman–Crippen MR) is 75.8 cm³/mol. The third-order valence-corrected chi connectivity index (χ3v) is 2.89. The van der Waals surface area contributed by atoms with Gasteiger partial charge in [0, 0.05) is 5.88 Å². The summed E-state index contributed by atoms with van der Waals surface area (Å²) in [5.74, 6) is 1.99. The van der Waals surface area contributed by atoms with Crippen LogP contribution in [-0.4, -0.2) is 12.5 Å². The molecule has 0 aromatic heterocycles. The number of hydrogen-bond acceptors (Lipinski definition) is 1. The molecule has 0 atom stereocenters. The molecule has 0 aliphatic carbocycles. The Balaban J connectivity index is 2.83. The number of halogens is 1. The van der Waals surface area contributed by atoms with Gasteiger partial charge < -0.3 is 4.74 Å². The molecule has 0 saturated carbocycles. The molecule has 2 heteroatoms. The second-order valence-electron chi connectivity index (χ2n) is 4.43. The number of hydrogen-bond donors (Lipinski definition) is 0. The van der Waals surface area contributed by atoms with Crippen LogP contribution in [0.15, 0.2) is 29.8 Å². The van der Waals surface area contributed by atoms with E-state index in [1.54, 1.807) is 0 Å². The molecule has 0 fully saturated rings. The zero-order valence-corrected chi connectivity index (χ0v) is 11.6. The molecule has 1 nitrogen and oxygen atoms in total. The fraction of sp³-hybridized carbons (Fsp3) is 0.467. The zero-order chi connectivity index (χ0) is 12.7. The molecular formula is C15H21ClO. The lowest BCUT2D eigenvalue weighted by molar-refractivity contribution is 0.317. The van der Waals surface area contributed by atoms with Crippen LogP contribution in [0.1, 0.15) is 32.8 Å². The van der Waals surface area contributed by atoms with Gasteiger partial charge in [0.15, 0.2) is 0 Å². The fourth-order valence-electron chi connectivity index (χ4n) is 1.49. The number of benzene rings is 1. The molecule has 1 aromatic carbocycles. The minimum absolute atomic E-state index is 0.479. The summed E-state index contributed by atoms with van der Waals surface area (Å²) in [7, 11) is 0. The highest BCUT2D eigenvalue weighted by Gasteiger charge is 2.02. The first-order valence-corrected chi connectivity index (χ1v) is 6.70. The molecule has 1 aromatic rings. The van der Waals surface area contributed by atoms with Crippen LogP contribution < -0.4 is 4.74 Å². The lowest BCUT2D eigenvalue weighted by atomic mass is 10.0. The van der Waals surface area contributed by atoms with Crippen LogP contribution >= 0.6 is 11.6 Å². The summed E-state index contributed by atoms with van der Waals surface area (Å²) in [6, 6.07) is 8.14. The third kappa shape index (κ3) is 4.82. The van der Waals surface area contributed by atoms with Gasteiger partial charge in [0.2, 0.25) is 0 Å². The molecule has 0 N–H and O–H groups in total. The van der Waals surface area contributed by atoms with Gasteiger partial charge in [-0.15, -0.1) is 11.6 Å². The minimum Gasteiger partial charge on any atom is -0.494 e. The van der Waals surface area contributed by atoms with Crippen molar-refractivity contribution in [2.45, 2.75) is 27.2 Å². The molecule has 0 unspecified atom stereocenters. The van der Waals surface area contributed by atoms with Gasteiger partial charge in [-0.3, -0.25) is 0 Å². The summed E-state index contributed by atoms with van der Waals surface area (Å²) >= 11 is 5.94. The standard InChI is InChI=1S/C15H21ClO/c1-4-8-17-15-7-5-6-13(10-15)9-14(11-16)12(2)3/h5-7,9-10,12H,4,8,11H2,1-3H3. The molecule has 0 aliphatic heterocycles. The van der Waals surface area contributed by atoms with Gasteiger partial charge in [-0.1, -0.05) is 44.6 Å². The first-order chi connectivity index (χ1) is 8.17. The van der Waals surface area contributed by atoms with Crippen molar-refractivity contribution in [3.05, 3.63) is 35.4 Å². The maximum atomic E-state index is 5.94. The summed E-state index contributed by atoms with van der Waals surface area (Å²) in [5, 5.41) is 0. The monoisotopic (exact) mass is 252 g/mol. The fourth-order valence-corrected chi connectivity index (χ4v) is 1.87. The first-order valence-electron chi connectivity index (χ1n) is 6.16. The molecule has 0 bridgehead atoms. The van der Waals surface area contributed by atoms with Crippen molar-refractivity contribution < 1.29 is 4.74 Å². The van der Waals surface area contributed by atoms with E-state index in [9.17, 15) is 0 Å². The number of rotatable bonds is 6. The van der Waals surface area contributed by atoms with Crippen LogP contribution in [0.3, 0.4) is 0 Å². The summed E-state index contributed by atoms with van der Waals surface area (Å²) in [5.41, 5.74) is 2.40. The van der Waals surface area contributed by atoms with Crippen LogP contribution in [0.25, 0.3) is 6.08 Å². The molecule has 1 rings (SSSR count). The quantitative estimate of drug-likeness (QED) is 0.664. The Hall–Kier alpha value is -0.950. The first kappa shape index (κ1) is 14.1. The van der Waals surface area contributed by atoms with Gasteiger partial charge in [-0.2, -0.15) is 0 Å². The van der Waals surface area contributed by atoms with E-state index in [4.69, 9.17) is 16.3 Å². The van der Waals surface area contributed by atoms with Crippen LogP contribution in [0.2, 0.25) is 0 Å². The average molecular weight is 253 g/mol. The Labute approximate surface area is 109 Å². The maximum absolute atomic E-state index is 5.94. The SMILES string of the molecule is CCCOc1cccc(C=C(CCl)C(C)C)c1. The normalized spacial score (nSPS) is 11.9. The Morgan fingerprint density at radius 3 is 2.76 bits per heavy atom. The maximum Gasteiger partial charge on any atom is 0.119 e. The van der Waals surface area contributed by atoms with E-state index in [1.165, 1.54) is 5.57 Å². The van der Waals surface area contributed by atoms with Crippen molar-refractivity contribution in [1.29, 1.82) is 0 Å². The summed E-state index contributed by atoms with van der Waals surface area (Å²) in [6.07, 6.45) is 3.18.